The van der Waals surface area contributed by atoms with Crippen molar-refractivity contribution in [3.63, 3.8) is 0 Å². The minimum absolute atomic E-state index is 0.0364. The molecule has 0 saturated heterocycles. The van der Waals surface area contributed by atoms with Crippen LogP contribution in [0.2, 0.25) is 0 Å². The Labute approximate surface area is 89.9 Å². The van der Waals surface area contributed by atoms with Crippen molar-refractivity contribution in [3.05, 3.63) is 23.8 Å². The smallest absolute Gasteiger partial charge is 0.127 e. The molecule has 1 atom stereocenters. The van der Waals surface area contributed by atoms with Gasteiger partial charge in [-0.3, -0.25) is 0 Å². The molecule has 3 nitrogen and oxygen atoms in total. The molecule has 3 N–H and O–H groups in total. The summed E-state index contributed by atoms with van der Waals surface area (Å²) >= 11 is 0. The Morgan fingerprint density at radius 2 is 2.20 bits per heavy atom. The highest BCUT2D eigenvalue weighted by Gasteiger charge is 2.27. The molecule has 1 aromatic rings. The third-order valence-electron chi connectivity index (χ3n) is 3.23. The summed E-state index contributed by atoms with van der Waals surface area (Å²) in [4.78, 5) is 0. The predicted molar refractivity (Wildman–Crippen MR) is 58.9 cm³/mol. The van der Waals surface area contributed by atoms with Gasteiger partial charge in [-0.1, -0.05) is 12.5 Å². The van der Waals surface area contributed by atoms with E-state index in [2.05, 4.69) is 0 Å². The number of ether oxygens (including phenoxy) is 1. The maximum Gasteiger partial charge on any atom is 0.127 e. The summed E-state index contributed by atoms with van der Waals surface area (Å²) in [5.41, 5.74) is 7.17. The lowest BCUT2D eigenvalue weighted by molar-refractivity contribution is 0.259. The Balaban J connectivity index is 2.25. The Morgan fingerprint density at radius 3 is 2.73 bits per heavy atom. The van der Waals surface area contributed by atoms with Gasteiger partial charge in [-0.05, 0) is 24.8 Å². The first-order valence-corrected chi connectivity index (χ1v) is 5.35. The van der Waals surface area contributed by atoms with Gasteiger partial charge in [0.1, 0.15) is 11.5 Å². The number of nitrogens with two attached hydrogens (primary N) is 1. The molecule has 15 heavy (non-hydrogen) atoms. The van der Waals surface area contributed by atoms with Crippen molar-refractivity contribution in [2.24, 2.45) is 11.7 Å². The summed E-state index contributed by atoms with van der Waals surface area (Å²) in [7, 11) is 1.60. The van der Waals surface area contributed by atoms with Gasteiger partial charge in [0.15, 0.2) is 0 Å². The fourth-order valence-electron chi connectivity index (χ4n) is 2.03. The molecule has 1 aliphatic rings. The molecule has 0 unspecified atom stereocenters. The standard InChI is InChI=1S/C12H17NO2/c1-15-11-7-9(14)5-6-10(11)12(13)8-3-2-4-8/h5-8,12,14H,2-4,13H2,1H3/t12-/m1/s1. The summed E-state index contributed by atoms with van der Waals surface area (Å²) in [6, 6.07) is 5.18. The molecule has 0 radical (unpaired) electrons. The highest BCUT2D eigenvalue weighted by molar-refractivity contribution is 5.42. The van der Waals surface area contributed by atoms with Gasteiger partial charge in [0.05, 0.1) is 7.11 Å². The molecule has 1 aliphatic carbocycles. The Morgan fingerprint density at radius 1 is 1.47 bits per heavy atom. The molecule has 1 aromatic carbocycles. The van der Waals surface area contributed by atoms with E-state index in [1.54, 1.807) is 19.2 Å². The van der Waals surface area contributed by atoms with Gasteiger partial charge in [-0.2, -0.15) is 0 Å². The summed E-state index contributed by atoms with van der Waals surface area (Å²) in [6.45, 7) is 0. The first-order chi connectivity index (χ1) is 7.22. The van der Waals surface area contributed by atoms with Gasteiger partial charge in [-0.25, -0.2) is 0 Å². The van der Waals surface area contributed by atoms with Crippen LogP contribution in [0.4, 0.5) is 0 Å². The second-order valence-electron chi connectivity index (χ2n) is 4.14. The quantitative estimate of drug-likeness (QED) is 0.798. The van der Waals surface area contributed by atoms with Gasteiger partial charge in [0, 0.05) is 17.7 Å². The number of hydrogen-bond donors (Lipinski definition) is 2. The van der Waals surface area contributed by atoms with Crippen LogP contribution in [0.25, 0.3) is 0 Å². The first-order valence-electron chi connectivity index (χ1n) is 5.35. The van der Waals surface area contributed by atoms with Gasteiger partial charge >= 0.3 is 0 Å². The second kappa shape index (κ2) is 4.11. The van der Waals surface area contributed by atoms with E-state index in [9.17, 15) is 5.11 Å². The van der Waals surface area contributed by atoms with E-state index in [1.807, 2.05) is 6.07 Å². The van der Waals surface area contributed by atoms with Gasteiger partial charge in [0.25, 0.3) is 0 Å². The van der Waals surface area contributed by atoms with E-state index < -0.39 is 0 Å². The van der Waals surface area contributed by atoms with Crippen molar-refractivity contribution < 1.29 is 9.84 Å². The maximum absolute atomic E-state index is 9.34. The Kier molecular flexibility index (Phi) is 2.82. The predicted octanol–water partition coefficient (Wildman–Crippen LogP) is 2.20. The number of phenolic OH excluding ortho intramolecular Hbond substituents is 1. The molecular formula is C12H17NO2. The van der Waals surface area contributed by atoms with Crippen LogP contribution < -0.4 is 10.5 Å². The van der Waals surface area contributed by atoms with Crippen molar-refractivity contribution in [1.82, 2.24) is 0 Å². The number of hydrogen-bond acceptors (Lipinski definition) is 3. The molecular weight excluding hydrogens is 190 g/mol. The van der Waals surface area contributed by atoms with Crippen molar-refractivity contribution in [2.75, 3.05) is 7.11 Å². The Bertz CT molecular complexity index is 347. The van der Waals surface area contributed by atoms with Crippen molar-refractivity contribution in [1.29, 1.82) is 0 Å². The number of phenols is 1. The minimum Gasteiger partial charge on any atom is -0.508 e. The third kappa shape index (κ3) is 1.92. The van der Waals surface area contributed by atoms with E-state index in [-0.39, 0.29) is 11.8 Å². The van der Waals surface area contributed by atoms with E-state index in [0.29, 0.717) is 11.7 Å². The zero-order valence-electron chi connectivity index (χ0n) is 8.94. The first kappa shape index (κ1) is 10.3. The lowest BCUT2D eigenvalue weighted by Crippen LogP contribution is -2.27. The fraction of sp³-hybridized carbons (Fsp3) is 0.500. The maximum atomic E-state index is 9.34. The van der Waals surface area contributed by atoms with Crippen molar-refractivity contribution >= 4 is 0 Å². The van der Waals surface area contributed by atoms with E-state index in [4.69, 9.17) is 10.5 Å². The topological polar surface area (TPSA) is 55.5 Å². The summed E-state index contributed by atoms with van der Waals surface area (Å²) < 4.78 is 5.23. The molecule has 1 saturated carbocycles. The highest BCUT2D eigenvalue weighted by atomic mass is 16.5. The molecule has 0 bridgehead atoms. The molecule has 1 fully saturated rings. The monoisotopic (exact) mass is 207 g/mol. The number of benzene rings is 1. The average molecular weight is 207 g/mol. The summed E-state index contributed by atoms with van der Waals surface area (Å²) in [5, 5.41) is 9.34. The molecule has 2 rings (SSSR count). The van der Waals surface area contributed by atoms with Crippen LogP contribution in [-0.4, -0.2) is 12.2 Å². The van der Waals surface area contributed by atoms with Crippen LogP contribution in [-0.2, 0) is 0 Å². The molecule has 0 heterocycles. The van der Waals surface area contributed by atoms with E-state index in [1.165, 1.54) is 19.3 Å². The van der Waals surface area contributed by atoms with Crippen LogP contribution in [0.15, 0.2) is 18.2 Å². The third-order valence-corrected chi connectivity index (χ3v) is 3.23. The van der Waals surface area contributed by atoms with E-state index >= 15 is 0 Å². The number of rotatable bonds is 3. The fourth-order valence-corrected chi connectivity index (χ4v) is 2.03. The zero-order chi connectivity index (χ0) is 10.8. The SMILES string of the molecule is COc1cc(O)ccc1[C@H](N)C1CCC1. The normalized spacial score (nSPS) is 18.3. The van der Waals surface area contributed by atoms with Crippen LogP contribution >= 0.6 is 0 Å². The molecule has 82 valence electrons. The lowest BCUT2D eigenvalue weighted by Gasteiger charge is -2.32. The molecule has 0 spiro atoms. The van der Waals surface area contributed by atoms with Gasteiger partial charge < -0.3 is 15.6 Å². The average Bonchev–Trinajstić information content (AvgIpc) is 2.14. The zero-order valence-corrected chi connectivity index (χ0v) is 8.94. The number of methoxy groups -OCH3 is 1. The van der Waals surface area contributed by atoms with Crippen molar-refractivity contribution in [2.45, 2.75) is 25.3 Å². The summed E-state index contributed by atoms with van der Waals surface area (Å²) in [5.74, 6) is 1.48. The molecule has 0 aliphatic heterocycles. The number of aromatic hydroxyl groups is 1. The lowest BCUT2D eigenvalue weighted by atomic mass is 9.77. The molecule has 3 heteroatoms. The van der Waals surface area contributed by atoms with Gasteiger partial charge in [-0.15, -0.1) is 0 Å². The molecule has 0 amide bonds. The molecule has 0 aromatic heterocycles. The largest absolute Gasteiger partial charge is 0.508 e. The second-order valence-corrected chi connectivity index (χ2v) is 4.14. The van der Waals surface area contributed by atoms with Crippen LogP contribution in [0.5, 0.6) is 11.5 Å². The van der Waals surface area contributed by atoms with Crippen LogP contribution in [0.1, 0.15) is 30.9 Å². The minimum atomic E-state index is 0.0364. The van der Waals surface area contributed by atoms with Crippen LogP contribution in [0.3, 0.4) is 0 Å². The van der Waals surface area contributed by atoms with Gasteiger partial charge in [0.2, 0.25) is 0 Å². The highest BCUT2D eigenvalue weighted by Crippen LogP contribution is 2.39. The summed E-state index contributed by atoms with van der Waals surface area (Å²) in [6.07, 6.45) is 3.68. The van der Waals surface area contributed by atoms with Crippen LogP contribution in [0, 0.1) is 5.92 Å². The van der Waals surface area contributed by atoms with Crippen molar-refractivity contribution in [3.8, 4) is 11.5 Å². The van der Waals surface area contributed by atoms with E-state index in [0.717, 1.165) is 5.56 Å². The Hall–Kier alpha value is -1.22.